The van der Waals surface area contributed by atoms with Gasteiger partial charge < -0.3 is 10.2 Å². The van der Waals surface area contributed by atoms with Gasteiger partial charge in [0.2, 0.25) is 0 Å². The van der Waals surface area contributed by atoms with Crippen molar-refractivity contribution in [1.29, 1.82) is 0 Å². The Balaban J connectivity index is 3.09. The highest BCUT2D eigenvalue weighted by Crippen LogP contribution is 2.64. The fraction of sp³-hybridized carbons (Fsp3) is 0.800. The molecule has 0 aromatic heterocycles. The Hall–Kier alpha value is -1.06. The van der Waals surface area contributed by atoms with E-state index >= 15 is 0 Å². The minimum Gasteiger partial charge on any atom is -0.481 e. The van der Waals surface area contributed by atoms with E-state index in [0.717, 1.165) is 0 Å². The molecule has 1 saturated carbocycles. The minimum absolute atomic E-state index is 0.326. The summed E-state index contributed by atoms with van der Waals surface area (Å²) in [5.74, 6) is -2.70. The van der Waals surface area contributed by atoms with Crippen molar-refractivity contribution in [3.8, 4) is 0 Å². The largest absolute Gasteiger partial charge is 0.481 e. The quantitative estimate of drug-likeness (QED) is 0.707. The van der Waals surface area contributed by atoms with Crippen molar-refractivity contribution >= 4 is 11.9 Å². The van der Waals surface area contributed by atoms with Crippen LogP contribution in [0.5, 0.6) is 0 Å². The molecule has 0 spiro atoms. The van der Waals surface area contributed by atoms with Gasteiger partial charge in [0.05, 0.1) is 11.3 Å². The average molecular weight is 200 g/mol. The molecule has 0 aromatic rings. The van der Waals surface area contributed by atoms with Gasteiger partial charge >= 0.3 is 11.9 Å². The third kappa shape index (κ3) is 0.938. The van der Waals surface area contributed by atoms with Crippen LogP contribution in [0.15, 0.2) is 0 Å². The Morgan fingerprint density at radius 2 is 1.57 bits per heavy atom. The number of carbonyl (C=O) groups is 2. The van der Waals surface area contributed by atoms with Gasteiger partial charge in [-0.15, -0.1) is 0 Å². The van der Waals surface area contributed by atoms with Gasteiger partial charge in [0, 0.05) is 0 Å². The predicted molar refractivity (Wildman–Crippen MR) is 49.8 cm³/mol. The Kier molecular flexibility index (Phi) is 2.14. The molecule has 0 aromatic carbocycles. The van der Waals surface area contributed by atoms with E-state index in [9.17, 15) is 9.59 Å². The number of carboxylic acid groups (broad SMARTS) is 2. The normalized spacial score (nSPS) is 40.0. The van der Waals surface area contributed by atoms with Gasteiger partial charge in [-0.1, -0.05) is 20.8 Å². The summed E-state index contributed by atoms with van der Waals surface area (Å²) in [6.07, 6.45) is 0. The van der Waals surface area contributed by atoms with Crippen LogP contribution in [-0.4, -0.2) is 22.2 Å². The second-order valence-electron chi connectivity index (χ2n) is 4.83. The first kappa shape index (κ1) is 11.0. The highest BCUT2D eigenvalue weighted by molar-refractivity contribution is 5.83. The van der Waals surface area contributed by atoms with Gasteiger partial charge in [0.25, 0.3) is 0 Å². The molecule has 1 aliphatic carbocycles. The fourth-order valence-electron chi connectivity index (χ4n) is 2.76. The topological polar surface area (TPSA) is 74.6 Å². The van der Waals surface area contributed by atoms with Gasteiger partial charge in [-0.05, 0) is 18.3 Å². The van der Waals surface area contributed by atoms with E-state index in [2.05, 4.69) is 0 Å². The molecule has 80 valence electrons. The molecule has 3 unspecified atom stereocenters. The van der Waals surface area contributed by atoms with E-state index in [0.29, 0.717) is 0 Å². The zero-order valence-corrected chi connectivity index (χ0v) is 8.87. The smallest absolute Gasteiger partial charge is 0.310 e. The second-order valence-corrected chi connectivity index (χ2v) is 4.83. The number of hydrogen-bond acceptors (Lipinski definition) is 2. The standard InChI is InChI=1S/C10H16O4/c1-5-6(7(11)12)9(2,3)10(5,4)8(13)14/h5-6H,1-4H3,(H,11,12)(H,13,14). The van der Waals surface area contributed by atoms with Crippen LogP contribution in [0.1, 0.15) is 27.7 Å². The first-order valence-corrected chi connectivity index (χ1v) is 4.63. The van der Waals surface area contributed by atoms with Gasteiger partial charge in [-0.3, -0.25) is 9.59 Å². The molecular formula is C10H16O4. The Morgan fingerprint density at radius 1 is 1.14 bits per heavy atom. The highest BCUT2D eigenvalue weighted by atomic mass is 16.4. The molecule has 0 aliphatic heterocycles. The molecule has 14 heavy (non-hydrogen) atoms. The molecule has 0 radical (unpaired) electrons. The molecule has 0 heterocycles. The molecule has 2 N–H and O–H groups in total. The molecular weight excluding hydrogens is 184 g/mol. The lowest BCUT2D eigenvalue weighted by atomic mass is 9.40. The molecule has 1 fully saturated rings. The Morgan fingerprint density at radius 3 is 1.79 bits per heavy atom. The monoisotopic (exact) mass is 200 g/mol. The fourth-order valence-corrected chi connectivity index (χ4v) is 2.76. The third-order valence-electron chi connectivity index (χ3n) is 4.24. The second kappa shape index (κ2) is 2.72. The number of hydrogen-bond donors (Lipinski definition) is 2. The van der Waals surface area contributed by atoms with Crippen molar-refractivity contribution in [2.24, 2.45) is 22.7 Å². The average Bonchev–Trinajstić information content (AvgIpc) is 2.00. The van der Waals surface area contributed by atoms with Gasteiger partial charge in [0.15, 0.2) is 0 Å². The lowest BCUT2D eigenvalue weighted by molar-refractivity contribution is -0.212. The van der Waals surface area contributed by atoms with Crippen molar-refractivity contribution in [3.63, 3.8) is 0 Å². The zero-order valence-electron chi connectivity index (χ0n) is 8.87. The highest BCUT2D eigenvalue weighted by Gasteiger charge is 2.69. The van der Waals surface area contributed by atoms with Crippen molar-refractivity contribution in [1.82, 2.24) is 0 Å². The van der Waals surface area contributed by atoms with E-state index < -0.39 is 28.7 Å². The Bertz CT molecular complexity index is 294. The Labute approximate surface area is 82.9 Å². The van der Waals surface area contributed by atoms with Crippen LogP contribution in [0.4, 0.5) is 0 Å². The molecule has 1 aliphatic rings. The lowest BCUT2D eigenvalue weighted by Gasteiger charge is -2.60. The molecule has 4 nitrogen and oxygen atoms in total. The van der Waals surface area contributed by atoms with Crippen molar-refractivity contribution in [3.05, 3.63) is 0 Å². The summed E-state index contributed by atoms with van der Waals surface area (Å²) in [7, 11) is 0. The molecule has 1 rings (SSSR count). The zero-order chi connectivity index (χ0) is 11.3. The van der Waals surface area contributed by atoms with Gasteiger partial charge in [0.1, 0.15) is 0 Å². The van der Waals surface area contributed by atoms with E-state index in [1.165, 1.54) is 0 Å². The van der Waals surface area contributed by atoms with Crippen LogP contribution < -0.4 is 0 Å². The van der Waals surface area contributed by atoms with Crippen molar-refractivity contribution in [2.75, 3.05) is 0 Å². The first-order chi connectivity index (χ1) is 6.17. The summed E-state index contributed by atoms with van der Waals surface area (Å²) in [5.41, 5.74) is -1.62. The molecule has 0 amide bonds. The van der Waals surface area contributed by atoms with Crippen LogP contribution >= 0.6 is 0 Å². The molecule has 0 saturated heterocycles. The van der Waals surface area contributed by atoms with E-state index in [1.807, 2.05) is 0 Å². The minimum atomic E-state index is -0.934. The maximum atomic E-state index is 11.1. The summed E-state index contributed by atoms with van der Waals surface area (Å²) in [6, 6.07) is 0. The summed E-state index contributed by atoms with van der Waals surface area (Å²) >= 11 is 0. The van der Waals surface area contributed by atoms with Gasteiger partial charge in [-0.25, -0.2) is 0 Å². The van der Waals surface area contributed by atoms with Crippen LogP contribution in [0.2, 0.25) is 0 Å². The lowest BCUT2D eigenvalue weighted by Crippen LogP contribution is -2.66. The molecule has 0 bridgehead atoms. The first-order valence-electron chi connectivity index (χ1n) is 4.63. The van der Waals surface area contributed by atoms with Crippen molar-refractivity contribution in [2.45, 2.75) is 27.7 Å². The third-order valence-corrected chi connectivity index (χ3v) is 4.24. The van der Waals surface area contributed by atoms with Crippen LogP contribution in [-0.2, 0) is 9.59 Å². The number of carboxylic acids is 2. The van der Waals surface area contributed by atoms with Crippen LogP contribution in [0, 0.1) is 22.7 Å². The summed E-state index contributed by atoms with van der Waals surface area (Å²) in [5, 5.41) is 18.1. The van der Waals surface area contributed by atoms with E-state index in [4.69, 9.17) is 10.2 Å². The maximum Gasteiger partial charge on any atom is 0.310 e. The van der Waals surface area contributed by atoms with E-state index in [-0.39, 0.29) is 5.92 Å². The summed E-state index contributed by atoms with van der Waals surface area (Å²) < 4.78 is 0. The maximum absolute atomic E-state index is 11.1. The number of rotatable bonds is 2. The number of aliphatic carboxylic acids is 2. The van der Waals surface area contributed by atoms with E-state index in [1.54, 1.807) is 27.7 Å². The SMILES string of the molecule is CC1C(C(=O)O)C(C)(C)C1(C)C(=O)O. The van der Waals surface area contributed by atoms with Gasteiger partial charge in [-0.2, -0.15) is 0 Å². The molecule has 4 heteroatoms. The van der Waals surface area contributed by atoms with Crippen LogP contribution in [0.3, 0.4) is 0 Å². The molecule has 3 atom stereocenters. The van der Waals surface area contributed by atoms with Crippen LogP contribution in [0.25, 0.3) is 0 Å². The summed E-state index contributed by atoms with van der Waals surface area (Å²) in [4.78, 5) is 22.0. The van der Waals surface area contributed by atoms with Crippen molar-refractivity contribution < 1.29 is 19.8 Å². The predicted octanol–water partition coefficient (Wildman–Crippen LogP) is 1.45. The summed E-state index contributed by atoms with van der Waals surface area (Å²) in [6.45, 7) is 6.73.